The standard InChI is InChI=1S/C17H14ClN3OS2/c18-14-9-5-4-8-13(14)15(22)19-16-20-21-17(24-16)23-11-10-12-6-2-1-3-7-12/h1-9H,10-11H2,(H,19,20,22). The summed E-state index contributed by atoms with van der Waals surface area (Å²) in [7, 11) is 0. The number of hydrogen-bond acceptors (Lipinski definition) is 5. The summed E-state index contributed by atoms with van der Waals surface area (Å²) in [6.45, 7) is 0. The van der Waals surface area contributed by atoms with E-state index in [9.17, 15) is 4.79 Å². The fraction of sp³-hybridized carbons (Fsp3) is 0.118. The summed E-state index contributed by atoms with van der Waals surface area (Å²) in [5.41, 5.74) is 1.72. The van der Waals surface area contributed by atoms with Crippen molar-refractivity contribution >= 4 is 45.7 Å². The lowest BCUT2D eigenvalue weighted by Gasteiger charge is -2.02. The van der Waals surface area contributed by atoms with Gasteiger partial charge in [0.25, 0.3) is 5.91 Å². The van der Waals surface area contributed by atoms with E-state index in [1.807, 2.05) is 18.2 Å². The van der Waals surface area contributed by atoms with Crippen LogP contribution in [0, 0.1) is 0 Å². The van der Waals surface area contributed by atoms with E-state index in [1.165, 1.54) is 16.9 Å². The molecule has 1 amide bonds. The van der Waals surface area contributed by atoms with Crippen LogP contribution in [0.3, 0.4) is 0 Å². The molecule has 0 aliphatic rings. The SMILES string of the molecule is O=C(Nc1nnc(SCCc2ccccc2)s1)c1ccccc1Cl. The van der Waals surface area contributed by atoms with Gasteiger partial charge in [0.1, 0.15) is 0 Å². The minimum absolute atomic E-state index is 0.280. The van der Waals surface area contributed by atoms with Crippen molar-refractivity contribution in [2.24, 2.45) is 0 Å². The summed E-state index contributed by atoms with van der Waals surface area (Å²) in [5, 5.41) is 11.7. The molecule has 2 aromatic carbocycles. The van der Waals surface area contributed by atoms with Crippen molar-refractivity contribution in [3.8, 4) is 0 Å². The molecule has 0 saturated carbocycles. The Morgan fingerprint density at radius 3 is 2.62 bits per heavy atom. The average molecular weight is 376 g/mol. The Kier molecular flexibility index (Phi) is 5.85. The molecule has 7 heteroatoms. The quantitative estimate of drug-likeness (QED) is 0.497. The van der Waals surface area contributed by atoms with Gasteiger partial charge in [-0.25, -0.2) is 0 Å². The molecule has 0 radical (unpaired) electrons. The molecule has 3 rings (SSSR count). The van der Waals surface area contributed by atoms with Crippen LogP contribution in [-0.4, -0.2) is 21.9 Å². The molecule has 4 nitrogen and oxygen atoms in total. The van der Waals surface area contributed by atoms with Gasteiger partial charge < -0.3 is 0 Å². The Labute approximate surface area is 153 Å². The smallest absolute Gasteiger partial charge is 0.259 e. The van der Waals surface area contributed by atoms with Crippen molar-refractivity contribution in [1.82, 2.24) is 10.2 Å². The molecule has 0 bridgehead atoms. The molecule has 1 heterocycles. The van der Waals surface area contributed by atoms with Gasteiger partial charge in [-0.15, -0.1) is 10.2 Å². The van der Waals surface area contributed by atoms with Gasteiger partial charge in [-0.2, -0.15) is 0 Å². The number of nitrogens with one attached hydrogen (secondary N) is 1. The number of carbonyl (C=O) groups is 1. The average Bonchev–Trinajstić information content (AvgIpc) is 3.03. The maximum absolute atomic E-state index is 12.2. The van der Waals surface area contributed by atoms with E-state index >= 15 is 0 Å². The molecule has 0 saturated heterocycles. The predicted molar refractivity (Wildman–Crippen MR) is 100 cm³/mol. The molecular weight excluding hydrogens is 362 g/mol. The van der Waals surface area contributed by atoms with E-state index in [2.05, 4.69) is 27.6 Å². The second-order valence-corrected chi connectivity index (χ2v) is 7.62. The molecule has 0 unspecified atom stereocenters. The molecule has 3 aromatic rings. The molecule has 0 atom stereocenters. The highest BCUT2D eigenvalue weighted by atomic mass is 35.5. The largest absolute Gasteiger partial charge is 0.296 e. The zero-order chi connectivity index (χ0) is 16.8. The first-order valence-electron chi connectivity index (χ1n) is 7.28. The summed E-state index contributed by atoms with van der Waals surface area (Å²) >= 11 is 9.01. The summed E-state index contributed by atoms with van der Waals surface area (Å²) in [6.07, 6.45) is 0.965. The molecule has 1 N–H and O–H groups in total. The number of aromatic nitrogens is 2. The van der Waals surface area contributed by atoms with Crippen molar-refractivity contribution in [2.45, 2.75) is 10.8 Å². The van der Waals surface area contributed by atoms with Gasteiger partial charge in [0.15, 0.2) is 4.34 Å². The van der Waals surface area contributed by atoms with Gasteiger partial charge in [0.05, 0.1) is 10.6 Å². The number of hydrogen-bond donors (Lipinski definition) is 1. The summed E-state index contributed by atoms with van der Waals surface area (Å²) < 4.78 is 0.834. The molecule has 24 heavy (non-hydrogen) atoms. The van der Waals surface area contributed by atoms with Crippen LogP contribution in [0.1, 0.15) is 15.9 Å². The van der Waals surface area contributed by atoms with Crippen LogP contribution in [0.4, 0.5) is 5.13 Å². The Morgan fingerprint density at radius 2 is 1.83 bits per heavy atom. The molecular formula is C17H14ClN3OS2. The Hall–Kier alpha value is -1.89. The monoisotopic (exact) mass is 375 g/mol. The van der Waals surface area contributed by atoms with Gasteiger partial charge in [-0.05, 0) is 24.1 Å². The number of carbonyl (C=O) groups excluding carboxylic acids is 1. The number of amides is 1. The Balaban J connectivity index is 1.54. The number of aryl methyl sites for hydroxylation is 1. The molecule has 122 valence electrons. The fourth-order valence-corrected chi connectivity index (χ4v) is 4.06. The number of anilines is 1. The van der Waals surface area contributed by atoms with E-state index in [-0.39, 0.29) is 5.91 Å². The number of nitrogens with zero attached hydrogens (tertiary/aromatic N) is 2. The zero-order valence-corrected chi connectivity index (χ0v) is 15.0. The zero-order valence-electron chi connectivity index (χ0n) is 12.6. The molecule has 0 spiro atoms. The van der Waals surface area contributed by atoms with Gasteiger partial charge in [-0.1, -0.05) is 77.2 Å². The fourth-order valence-electron chi connectivity index (χ4n) is 2.03. The molecule has 0 aliphatic heterocycles. The minimum Gasteiger partial charge on any atom is -0.296 e. The lowest BCUT2D eigenvalue weighted by atomic mass is 10.2. The highest BCUT2D eigenvalue weighted by Gasteiger charge is 2.13. The van der Waals surface area contributed by atoms with Crippen LogP contribution in [0.25, 0.3) is 0 Å². The van der Waals surface area contributed by atoms with Crippen LogP contribution in [0.15, 0.2) is 58.9 Å². The van der Waals surface area contributed by atoms with Crippen LogP contribution in [0.2, 0.25) is 5.02 Å². The van der Waals surface area contributed by atoms with Crippen LogP contribution in [-0.2, 0) is 6.42 Å². The Morgan fingerprint density at radius 1 is 1.08 bits per heavy atom. The molecule has 1 aromatic heterocycles. The van der Waals surface area contributed by atoms with Gasteiger partial charge in [-0.3, -0.25) is 10.1 Å². The summed E-state index contributed by atoms with van der Waals surface area (Å²) in [6, 6.07) is 17.2. The number of thioether (sulfide) groups is 1. The van der Waals surface area contributed by atoms with Crippen molar-refractivity contribution in [3.63, 3.8) is 0 Å². The van der Waals surface area contributed by atoms with Crippen molar-refractivity contribution in [2.75, 3.05) is 11.1 Å². The minimum atomic E-state index is -0.280. The predicted octanol–water partition coefficient (Wildman–Crippen LogP) is 4.78. The van der Waals surface area contributed by atoms with Gasteiger partial charge >= 0.3 is 0 Å². The normalized spacial score (nSPS) is 10.5. The maximum atomic E-state index is 12.2. The van der Waals surface area contributed by atoms with Gasteiger partial charge in [0, 0.05) is 5.75 Å². The van der Waals surface area contributed by atoms with Crippen LogP contribution in [0.5, 0.6) is 0 Å². The third-order valence-corrected chi connectivity index (χ3v) is 5.51. The van der Waals surface area contributed by atoms with E-state index in [0.29, 0.717) is 15.7 Å². The van der Waals surface area contributed by atoms with Crippen molar-refractivity contribution in [3.05, 3.63) is 70.7 Å². The number of halogens is 1. The molecule has 0 aliphatic carbocycles. The number of benzene rings is 2. The second kappa shape index (κ2) is 8.28. The van der Waals surface area contributed by atoms with Crippen molar-refractivity contribution < 1.29 is 4.79 Å². The Bertz CT molecular complexity index is 823. The van der Waals surface area contributed by atoms with E-state index in [1.54, 1.807) is 36.0 Å². The number of rotatable bonds is 6. The first-order valence-corrected chi connectivity index (χ1v) is 9.46. The third-order valence-electron chi connectivity index (χ3n) is 3.20. The van der Waals surface area contributed by atoms with Crippen molar-refractivity contribution in [1.29, 1.82) is 0 Å². The van der Waals surface area contributed by atoms with Gasteiger partial charge in [0.2, 0.25) is 5.13 Å². The first-order chi connectivity index (χ1) is 11.7. The third kappa shape index (κ3) is 4.56. The maximum Gasteiger partial charge on any atom is 0.259 e. The topological polar surface area (TPSA) is 54.9 Å². The second-order valence-electron chi connectivity index (χ2n) is 4.89. The van der Waals surface area contributed by atoms with E-state index in [4.69, 9.17) is 11.6 Å². The lowest BCUT2D eigenvalue weighted by Crippen LogP contribution is -2.12. The summed E-state index contributed by atoms with van der Waals surface area (Å²) in [5.74, 6) is 0.634. The van der Waals surface area contributed by atoms with E-state index in [0.717, 1.165) is 16.5 Å². The summed E-state index contributed by atoms with van der Waals surface area (Å²) in [4.78, 5) is 12.2. The van der Waals surface area contributed by atoms with Crippen LogP contribution >= 0.6 is 34.7 Å². The first kappa shape index (κ1) is 17.0. The highest BCUT2D eigenvalue weighted by Crippen LogP contribution is 2.27. The van der Waals surface area contributed by atoms with Crippen LogP contribution < -0.4 is 5.32 Å². The van der Waals surface area contributed by atoms with E-state index < -0.39 is 0 Å². The highest BCUT2D eigenvalue weighted by molar-refractivity contribution is 8.01. The molecule has 0 fully saturated rings. The lowest BCUT2D eigenvalue weighted by molar-refractivity contribution is 0.102.